The van der Waals surface area contributed by atoms with Crippen molar-refractivity contribution < 1.29 is 13.2 Å². The molecule has 108 valence electrons. The van der Waals surface area contributed by atoms with Crippen LogP contribution in [0.15, 0.2) is 4.99 Å². The Bertz CT molecular complexity index is 341. The number of ether oxygens (including phenoxy) is 1. The SMILES string of the molecule is CCNC(=NCCCS(C)(=O)=O)NC(C)COC. The molecule has 7 heteroatoms. The number of nitrogens with one attached hydrogen (secondary N) is 2. The van der Waals surface area contributed by atoms with E-state index in [2.05, 4.69) is 15.6 Å². The minimum Gasteiger partial charge on any atom is -0.383 e. The summed E-state index contributed by atoms with van der Waals surface area (Å²) in [6.07, 6.45) is 1.77. The second-order valence-corrected chi connectivity index (χ2v) is 6.50. The lowest BCUT2D eigenvalue weighted by atomic mass is 10.4. The Hall–Kier alpha value is -0.820. The fourth-order valence-corrected chi connectivity index (χ4v) is 2.02. The average molecular weight is 279 g/mol. The van der Waals surface area contributed by atoms with Crippen LogP contribution >= 0.6 is 0 Å². The van der Waals surface area contributed by atoms with Gasteiger partial charge in [-0.1, -0.05) is 0 Å². The zero-order valence-electron chi connectivity index (χ0n) is 11.7. The monoisotopic (exact) mass is 279 g/mol. The summed E-state index contributed by atoms with van der Waals surface area (Å²) in [6, 6.07) is 0.155. The quantitative estimate of drug-likeness (QED) is 0.372. The summed E-state index contributed by atoms with van der Waals surface area (Å²) in [5, 5.41) is 6.28. The van der Waals surface area contributed by atoms with Crippen LogP contribution in [0.1, 0.15) is 20.3 Å². The predicted molar refractivity (Wildman–Crippen MR) is 74.8 cm³/mol. The van der Waals surface area contributed by atoms with E-state index in [9.17, 15) is 8.42 Å². The zero-order valence-corrected chi connectivity index (χ0v) is 12.5. The van der Waals surface area contributed by atoms with Gasteiger partial charge in [0.15, 0.2) is 5.96 Å². The number of guanidine groups is 1. The van der Waals surface area contributed by atoms with E-state index in [0.717, 1.165) is 6.54 Å². The van der Waals surface area contributed by atoms with Gasteiger partial charge in [0.2, 0.25) is 0 Å². The van der Waals surface area contributed by atoms with E-state index in [4.69, 9.17) is 4.74 Å². The molecule has 2 N–H and O–H groups in total. The van der Waals surface area contributed by atoms with Crippen LogP contribution in [0.3, 0.4) is 0 Å². The van der Waals surface area contributed by atoms with Crippen molar-refractivity contribution in [3.8, 4) is 0 Å². The van der Waals surface area contributed by atoms with E-state index in [1.807, 2.05) is 13.8 Å². The lowest BCUT2D eigenvalue weighted by Crippen LogP contribution is -2.44. The fraction of sp³-hybridized carbons (Fsp3) is 0.909. The van der Waals surface area contributed by atoms with Gasteiger partial charge in [0, 0.05) is 32.5 Å². The van der Waals surface area contributed by atoms with Crippen LogP contribution in [0.4, 0.5) is 0 Å². The molecular formula is C11H25N3O3S. The molecule has 0 saturated carbocycles. The molecule has 0 amide bonds. The van der Waals surface area contributed by atoms with Gasteiger partial charge in [-0.2, -0.15) is 0 Å². The van der Waals surface area contributed by atoms with Crippen LogP contribution in [-0.4, -0.2) is 59.2 Å². The van der Waals surface area contributed by atoms with Gasteiger partial charge in [-0.15, -0.1) is 0 Å². The van der Waals surface area contributed by atoms with E-state index in [0.29, 0.717) is 25.5 Å². The van der Waals surface area contributed by atoms with Crippen LogP contribution in [0, 0.1) is 0 Å². The Morgan fingerprint density at radius 3 is 2.61 bits per heavy atom. The topological polar surface area (TPSA) is 79.8 Å². The zero-order chi connectivity index (χ0) is 14.0. The van der Waals surface area contributed by atoms with Crippen LogP contribution in [0.2, 0.25) is 0 Å². The van der Waals surface area contributed by atoms with Crippen molar-refractivity contribution in [1.29, 1.82) is 0 Å². The summed E-state index contributed by atoms with van der Waals surface area (Å²) in [4.78, 5) is 4.31. The van der Waals surface area contributed by atoms with E-state index >= 15 is 0 Å². The maximum Gasteiger partial charge on any atom is 0.191 e. The number of nitrogens with zero attached hydrogens (tertiary/aromatic N) is 1. The summed E-state index contributed by atoms with van der Waals surface area (Å²) in [5.41, 5.74) is 0. The second kappa shape index (κ2) is 9.16. The Kier molecular flexibility index (Phi) is 8.74. The van der Waals surface area contributed by atoms with Gasteiger partial charge < -0.3 is 15.4 Å². The predicted octanol–water partition coefficient (Wildman–Crippen LogP) is 0.0111. The molecule has 1 unspecified atom stereocenters. The third-order valence-electron chi connectivity index (χ3n) is 2.09. The van der Waals surface area contributed by atoms with Gasteiger partial charge in [-0.3, -0.25) is 4.99 Å². The molecule has 0 aromatic rings. The Labute approximate surface area is 110 Å². The van der Waals surface area contributed by atoms with Gasteiger partial charge in [0.05, 0.1) is 12.4 Å². The first-order valence-electron chi connectivity index (χ1n) is 6.10. The van der Waals surface area contributed by atoms with E-state index < -0.39 is 9.84 Å². The van der Waals surface area contributed by atoms with Crippen LogP contribution in [0.25, 0.3) is 0 Å². The summed E-state index contributed by atoms with van der Waals surface area (Å²) >= 11 is 0. The first-order chi connectivity index (χ1) is 8.39. The molecule has 1 atom stereocenters. The van der Waals surface area contributed by atoms with Gasteiger partial charge in [0.25, 0.3) is 0 Å². The lowest BCUT2D eigenvalue weighted by Gasteiger charge is -2.16. The molecule has 0 aromatic heterocycles. The molecule has 0 aliphatic heterocycles. The molecule has 0 heterocycles. The highest BCUT2D eigenvalue weighted by molar-refractivity contribution is 7.90. The second-order valence-electron chi connectivity index (χ2n) is 4.24. The average Bonchev–Trinajstić information content (AvgIpc) is 2.23. The number of rotatable bonds is 8. The first-order valence-corrected chi connectivity index (χ1v) is 8.16. The van der Waals surface area contributed by atoms with Crippen LogP contribution < -0.4 is 10.6 Å². The van der Waals surface area contributed by atoms with E-state index in [1.165, 1.54) is 6.26 Å². The molecule has 0 rings (SSSR count). The molecule has 0 aliphatic rings. The van der Waals surface area contributed by atoms with Crippen LogP contribution in [-0.2, 0) is 14.6 Å². The number of hydrogen-bond acceptors (Lipinski definition) is 4. The standard InChI is InChI=1S/C11H25N3O3S/c1-5-12-11(14-10(2)9-17-3)13-7-6-8-18(4,15)16/h10H,5-9H2,1-4H3,(H2,12,13,14). The third-order valence-corrected chi connectivity index (χ3v) is 3.12. The van der Waals surface area contributed by atoms with Crippen molar-refractivity contribution in [3.05, 3.63) is 0 Å². The van der Waals surface area contributed by atoms with Gasteiger partial charge >= 0.3 is 0 Å². The Morgan fingerprint density at radius 1 is 1.44 bits per heavy atom. The van der Waals surface area contributed by atoms with Gasteiger partial charge in [-0.25, -0.2) is 8.42 Å². The van der Waals surface area contributed by atoms with E-state index in [-0.39, 0.29) is 11.8 Å². The number of aliphatic imine (C=N–C) groups is 1. The highest BCUT2D eigenvalue weighted by Gasteiger charge is 2.05. The number of hydrogen-bond donors (Lipinski definition) is 2. The number of sulfone groups is 1. The fourth-order valence-electron chi connectivity index (χ4n) is 1.36. The molecule has 0 spiro atoms. The molecule has 0 radical (unpaired) electrons. The third kappa shape index (κ3) is 10.3. The van der Waals surface area contributed by atoms with Gasteiger partial charge in [0.1, 0.15) is 9.84 Å². The molecule has 0 fully saturated rings. The maximum atomic E-state index is 11.0. The van der Waals surface area contributed by atoms with Crippen molar-refractivity contribution in [2.24, 2.45) is 4.99 Å². The molecule has 18 heavy (non-hydrogen) atoms. The molecule has 0 bridgehead atoms. The minimum absolute atomic E-state index is 0.155. The lowest BCUT2D eigenvalue weighted by molar-refractivity contribution is 0.179. The molecule has 0 aliphatic carbocycles. The molecule has 6 nitrogen and oxygen atoms in total. The smallest absolute Gasteiger partial charge is 0.191 e. The summed E-state index contributed by atoms with van der Waals surface area (Å²) < 4.78 is 27.0. The summed E-state index contributed by atoms with van der Waals surface area (Å²) in [5.74, 6) is 0.860. The molecular weight excluding hydrogens is 254 g/mol. The van der Waals surface area contributed by atoms with E-state index in [1.54, 1.807) is 7.11 Å². The molecule has 0 saturated heterocycles. The minimum atomic E-state index is -2.90. The van der Waals surface area contributed by atoms with Crippen molar-refractivity contribution in [2.45, 2.75) is 26.3 Å². The van der Waals surface area contributed by atoms with Crippen LogP contribution in [0.5, 0.6) is 0 Å². The van der Waals surface area contributed by atoms with Crippen molar-refractivity contribution >= 4 is 15.8 Å². The molecule has 0 aromatic carbocycles. The Balaban J connectivity index is 4.14. The maximum absolute atomic E-state index is 11.0. The van der Waals surface area contributed by atoms with Crippen molar-refractivity contribution in [2.75, 3.05) is 38.8 Å². The highest BCUT2D eigenvalue weighted by Crippen LogP contribution is 1.90. The first kappa shape index (κ1) is 17.2. The summed E-state index contributed by atoms with van der Waals surface area (Å²) in [6.45, 7) is 5.81. The van der Waals surface area contributed by atoms with Gasteiger partial charge in [-0.05, 0) is 20.3 Å². The van der Waals surface area contributed by atoms with Crippen molar-refractivity contribution in [1.82, 2.24) is 10.6 Å². The normalized spacial score (nSPS) is 14.3. The largest absolute Gasteiger partial charge is 0.383 e. The number of methoxy groups -OCH3 is 1. The Morgan fingerprint density at radius 2 is 2.11 bits per heavy atom. The van der Waals surface area contributed by atoms with Crippen molar-refractivity contribution in [3.63, 3.8) is 0 Å². The highest BCUT2D eigenvalue weighted by atomic mass is 32.2. The summed E-state index contributed by atoms with van der Waals surface area (Å²) in [7, 11) is -1.25.